The van der Waals surface area contributed by atoms with Crippen LogP contribution in [0.4, 0.5) is 17.1 Å². The van der Waals surface area contributed by atoms with E-state index >= 15 is 0 Å². The summed E-state index contributed by atoms with van der Waals surface area (Å²) in [5.41, 5.74) is 3.44. The van der Waals surface area contributed by atoms with Crippen molar-refractivity contribution in [2.75, 3.05) is 19.5 Å². The third-order valence-corrected chi connectivity index (χ3v) is 10.7. The molecule has 0 saturated heterocycles. The Morgan fingerprint density at radius 3 is 1.86 bits per heavy atom. The fourth-order valence-electron chi connectivity index (χ4n) is 7.94. The van der Waals surface area contributed by atoms with Crippen molar-refractivity contribution in [1.29, 1.82) is 0 Å². The van der Waals surface area contributed by atoms with Crippen LogP contribution in [0.1, 0.15) is 32.6 Å². The highest BCUT2D eigenvalue weighted by atomic mass is 16.5. The predicted octanol–water partition coefficient (Wildman–Crippen LogP) is 12.0. The second kappa shape index (κ2) is 14.0. The lowest BCUT2D eigenvalue weighted by Gasteiger charge is -2.33. The second-order valence-corrected chi connectivity index (χ2v) is 14.0. The number of hydrogen-bond donors (Lipinski definition) is 2. The Labute approximate surface area is 323 Å². The Morgan fingerprint density at radius 1 is 0.589 bits per heavy atom. The maximum absolute atomic E-state index is 13.9. The summed E-state index contributed by atoms with van der Waals surface area (Å²) in [6, 6.07) is 50.7. The van der Waals surface area contributed by atoms with Crippen LogP contribution in [0.2, 0.25) is 0 Å². The van der Waals surface area contributed by atoms with E-state index in [1.165, 1.54) is 10.8 Å². The van der Waals surface area contributed by atoms with E-state index < -0.39 is 5.60 Å². The van der Waals surface area contributed by atoms with Crippen molar-refractivity contribution in [3.8, 4) is 11.5 Å². The third-order valence-electron chi connectivity index (χ3n) is 10.7. The number of ether oxygens (including phenoxy) is 2. The van der Waals surface area contributed by atoms with Crippen molar-refractivity contribution in [2.45, 2.75) is 12.5 Å². The highest BCUT2D eigenvalue weighted by Crippen LogP contribution is 2.48. The molecular weight excluding hydrogens is 695 g/mol. The summed E-state index contributed by atoms with van der Waals surface area (Å²) < 4.78 is 11.5. The van der Waals surface area contributed by atoms with Gasteiger partial charge in [-0.3, -0.25) is 4.79 Å². The molecule has 272 valence electrons. The van der Waals surface area contributed by atoms with Gasteiger partial charge in [0.2, 0.25) is 0 Å². The summed E-state index contributed by atoms with van der Waals surface area (Å²) in [6.07, 6.45) is 0. The summed E-state index contributed by atoms with van der Waals surface area (Å²) in [4.78, 5) is 13.9. The van der Waals surface area contributed by atoms with E-state index in [0.717, 1.165) is 43.6 Å². The summed E-state index contributed by atoms with van der Waals surface area (Å²) in [7, 11) is 3.17. The number of nitrogens with one attached hydrogen (secondary N) is 1. The van der Waals surface area contributed by atoms with Gasteiger partial charge in [-0.15, -0.1) is 0 Å². The summed E-state index contributed by atoms with van der Waals surface area (Å²) >= 11 is 0. The molecule has 0 bridgehead atoms. The smallest absolute Gasteiger partial charge is 0.255 e. The number of benzene rings is 9. The van der Waals surface area contributed by atoms with Crippen LogP contribution in [-0.4, -0.2) is 25.2 Å². The molecule has 9 rings (SSSR count). The van der Waals surface area contributed by atoms with E-state index in [4.69, 9.17) is 9.47 Å². The van der Waals surface area contributed by atoms with Crippen molar-refractivity contribution >= 4 is 66.1 Å². The van der Waals surface area contributed by atoms with Gasteiger partial charge in [-0.25, -0.2) is 0 Å². The minimum atomic E-state index is -1.77. The SMILES string of the molecule is COc1ccc(C(O)(c2cccc(C(=O)Nc3ccc(N=Nc4ccc(C)cc4)cc3)c2)c2ccc3c4cccc5cccc(c6cccc2c63)c54)c(OC)c1. The van der Waals surface area contributed by atoms with E-state index in [1.807, 2.05) is 61.5 Å². The molecule has 56 heavy (non-hydrogen) atoms. The standard InChI is InChI=1S/C49H37N3O4/c1-30-16-18-35(19-17-30)51-52-36-22-20-34(21-23-36)50-48(53)32-10-4-11-33(28-32)49(54,44-26-24-37(55-2)29-45(44)56-3)43-27-25-41-39-13-6-9-31-8-5-12-38(46(31)39)40-14-7-15-42(43)47(40)41/h4-29,54H,1-3H3,(H,50,53). The molecule has 0 aliphatic heterocycles. The van der Waals surface area contributed by atoms with Gasteiger partial charge in [0, 0.05) is 28.4 Å². The summed E-state index contributed by atoms with van der Waals surface area (Å²) in [5, 5.41) is 34.0. The summed E-state index contributed by atoms with van der Waals surface area (Å²) in [5.74, 6) is 0.703. The van der Waals surface area contributed by atoms with Gasteiger partial charge < -0.3 is 19.9 Å². The van der Waals surface area contributed by atoms with Crippen LogP contribution in [0.3, 0.4) is 0 Å². The lowest BCUT2D eigenvalue weighted by Crippen LogP contribution is -2.30. The molecule has 7 heteroatoms. The van der Waals surface area contributed by atoms with Gasteiger partial charge in [-0.2, -0.15) is 10.2 Å². The van der Waals surface area contributed by atoms with Crippen LogP contribution in [0, 0.1) is 6.92 Å². The predicted molar refractivity (Wildman–Crippen MR) is 225 cm³/mol. The first-order valence-corrected chi connectivity index (χ1v) is 18.4. The number of fused-ring (bicyclic) bond motifs is 2. The minimum Gasteiger partial charge on any atom is -0.497 e. The Morgan fingerprint density at radius 2 is 1.18 bits per heavy atom. The van der Waals surface area contributed by atoms with Gasteiger partial charge in [0.05, 0.1) is 25.6 Å². The van der Waals surface area contributed by atoms with Crippen LogP contribution in [0.5, 0.6) is 11.5 Å². The van der Waals surface area contributed by atoms with Crippen LogP contribution >= 0.6 is 0 Å². The van der Waals surface area contributed by atoms with Crippen molar-refractivity contribution in [2.24, 2.45) is 10.2 Å². The normalized spacial score (nSPS) is 12.8. The Bertz CT molecular complexity index is 2910. The number of anilines is 1. The molecular formula is C49H37N3O4. The van der Waals surface area contributed by atoms with Gasteiger partial charge in [-0.05, 0) is 116 Å². The lowest BCUT2D eigenvalue weighted by molar-refractivity contribution is 0.102. The van der Waals surface area contributed by atoms with Crippen molar-refractivity contribution in [1.82, 2.24) is 0 Å². The zero-order valence-corrected chi connectivity index (χ0v) is 31.1. The number of carbonyl (C=O) groups excluding carboxylic acids is 1. The molecule has 9 aromatic carbocycles. The Hall–Kier alpha value is -7.09. The maximum atomic E-state index is 13.9. The number of nitrogens with zero attached hydrogens (tertiary/aromatic N) is 2. The largest absolute Gasteiger partial charge is 0.497 e. The van der Waals surface area contributed by atoms with E-state index in [2.05, 4.69) is 70.1 Å². The third kappa shape index (κ3) is 5.86. The van der Waals surface area contributed by atoms with E-state index in [-0.39, 0.29) is 5.91 Å². The van der Waals surface area contributed by atoms with Gasteiger partial charge in [0.1, 0.15) is 17.1 Å². The van der Waals surface area contributed by atoms with Gasteiger partial charge in [0.15, 0.2) is 0 Å². The number of aliphatic hydroxyl groups is 1. The van der Waals surface area contributed by atoms with Crippen molar-refractivity contribution in [3.63, 3.8) is 0 Å². The van der Waals surface area contributed by atoms with Gasteiger partial charge in [-0.1, -0.05) is 96.6 Å². The fourth-order valence-corrected chi connectivity index (χ4v) is 7.94. The fraction of sp³-hybridized carbons (Fsp3) is 0.0816. The molecule has 0 aromatic heterocycles. The molecule has 2 N–H and O–H groups in total. The average Bonchev–Trinajstić information content (AvgIpc) is 3.25. The molecule has 0 aliphatic rings. The number of aryl methyl sites for hydroxylation is 1. The van der Waals surface area contributed by atoms with Crippen LogP contribution < -0.4 is 14.8 Å². The zero-order chi connectivity index (χ0) is 38.4. The first-order chi connectivity index (χ1) is 27.3. The molecule has 0 fully saturated rings. The Balaban J connectivity index is 1.15. The minimum absolute atomic E-state index is 0.327. The molecule has 9 aromatic rings. The quantitative estimate of drug-likeness (QED) is 0.0669. The number of azo groups is 1. The van der Waals surface area contributed by atoms with Gasteiger partial charge in [0.25, 0.3) is 5.91 Å². The van der Waals surface area contributed by atoms with Crippen molar-refractivity contribution in [3.05, 3.63) is 186 Å². The topological polar surface area (TPSA) is 92.5 Å². The first kappa shape index (κ1) is 34.7. The van der Waals surface area contributed by atoms with E-state index in [9.17, 15) is 9.90 Å². The highest BCUT2D eigenvalue weighted by Gasteiger charge is 2.39. The first-order valence-electron chi connectivity index (χ1n) is 18.4. The second-order valence-electron chi connectivity index (χ2n) is 14.0. The van der Waals surface area contributed by atoms with Crippen LogP contribution in [0.15, 0.2) is 168 Å². The van der Waals surface area contributed by atoms with E-state index in [1.54, 1.807) is 62.8 Å². The van der Waals surface area contributed by atoms with Gasteiger partial charge >= 0.3 is 0 Å². The van der Waals surface area contributed by atoms with Crippen LogP contribution in [0.25, 0.3) is 43.1 Å². The highest BCUT2D eigenvalue weighted by molar-refractivity contribution is 6.33. The average molecular weight is 732 g/mol. The number of hydrogen-bond acceptors (Lipinski definition) is 6. The molecule has 0 spiro atoms. The number of carbonyl (C=O) groups is 1. The number of amides is 1. The monoisotopic (exact) mass is 731 g/mol. The molecule has 0 aliphatic carbocycles. The molecule has 0 radical (unpaired) electrons. The number of rotatable bonds is 9. The molecule has 1 unspecified atom stereocenters. The maximum Gasteiger partial charge on any atom is 0.255 e. The number of methoxy groups -OCH3 is 2. The summed E-state index contributed by atoms with van der Waals surface area (Å²) in [6.45, 7) is 2.03. The molecule has 7 nitrogen and oxygen atoms in total. The molecule has 1 atom stereocenters. The Kier molecular flexibility index (Phi) is 8.64. The van der Waals surface area contributed by atoms with Crippen LogP contribution in [-0.2, 0) is 5.60 Å². The molecule has 0 heterocycles. The zero-order valence-electron chi connectivity index (χ0n) is 31.1. The molecule has 0 saturated carbocycles. The lowest BCUT2D eigenvalue weighted by atomic mass is 9.76. The molecule has 1 amide bonds. The van der Waals surface area contributed by atoms with Crippen molar-refractivity contribution < 1.29 is 19.4 Å². The van der Waals surface area contributed by atoms with E-state index in [0.29, 0.717) is 45.1 Å².